The van der Waals surface area contributed by atoms with Crippen LogP contribution in [0.25, 0.3) is 0 Å². The van der Waals surface area contributed by atoms with Crippen LogP contribution in [0.5, 0.6) is 0 Å². The predicted molar refractivity (Wildman–Crippen MR) is 76.7 cm³/mol. The van der Waals surface area contributed by atoms with E-state index in [2.05, 4.69) is 11.8 Å². The van der Waals surface area contributed by atoms with Gasteiger partial charge in [0, 0.05) is 18.6 Å². The topological polar surface area (TPSA) is 23.5 Å². The van der Waals surface area contributed by atoms with E-state index in [1.807, 2.05) is 0 Å². The average Bonchev–Trinajstić information content (AvgIpc) is 2.65. The van der Waals surface area contributed by atoms with Gasteiger partial charge in [0.05, 0.1) is 0 Å². The third-order valence-corrected chi connectivity index (χ3v) is 5.33. The third kappa shape index (κ3) is 3.71. The molecule has 18 heavy (non-hydrogen) atoms. The zero-order valence-electron chi connectivity index (χ0n) is 12.2. The molecule has 0 radical (unpaired) electrons. The molecule has 0 aromatic carbocycles. The molecule has 1 atom stereocenters. The number of likely N-dealkylation sites (tertiary alicyclic amines) is 1. The highest BCUT2D eigenvalue weighted by atomic mass is 16.3. The summed E-state index contributed by atoms with van der Waals surface area (Å²) < 4.78 is 0. The fraction of sp³-hybridized carbons (Fsp3) is 1.00. The number of nitrogens with zero attached hydrogens (tertiary/aromatic N) is 1. The van der Waals surface area contributed by atoms with E-state index in [4.69, 9.17) is 0 Å². The Bertz CT molecular complexity index is 235. The van der Waals surface area contributed by atoms with Crippen LogP contribution in [0.1, 0.15) is 64.7 Å². The van der Waals surface area contributed by atoms with Crippen molar-refractivity contribution in [2.45, 2.75) is 64.7 Å². The molecule has 0 amide bonds. The van der Waals surface area contributed by atoms with Crippen molar-refractivity contribution in [3.63, 3.8) is 0 Å². The maximum Gasteiger partial charge on any atom is 0.0499 e. The average molecular weight is 253 g/mol. The molecule has 2 heteroatoms. The Morgan fingerprint density at radius 2 is 1.83 bits per heavy atom. The fourth-order valence-corrected chi connectivity index (χ4v) is 3.93. The first-order valence-electron chi connectivity index (χ1n) is 8.11. The van der Waals surface area contributed by atoms with E-state index in [-0.39, 0.29) is 5.41 Å². The zero-order valence-corrected chi connectivity index (χ0v) is 12.2. The van der Waals surface area contributed by atoms with Crippen LogP contribution in [-0.2, 0) is 0 Å². The largest absolute Gasteiger partial charge is 0.396 e. The van der Waals surface area contributed by atoms with Crippen LogP contribution in [0.4, 0.5) is 0 Å². The predicted octanol–water partition coefficient (Wildman–Crippen LogP) is 3.44. The van der Waals surface area contributed by atoms with E-state index in [1.165, 1.54) is 70.9 Å². The summed E-state index contributed by atoms with van der Waals surface area (Å²) in [6.07, 6.45) is 12.0. The second-order valence-corrected chi connectivity index (χ2v) is 6.70. The quantitative estimate of drug-likeness (QED) is 0.829. The lowest BCUT2D eigenvalue weighted by Crippen LogP contribution is -2.42. The highest BCUT2D eigenvalue weighted by Crippen LogP contribution is 2.37. The van der Waals surface area contributed by atoms with Gasteiger partial charge in [0.25, 0.3) is 0 Å². The van der Waals surface area contributed by atoms with Gasteiger partial charge in [0.2, 0.25) is 0 Å². The first-order chi connectivity index (χ1) is 8.78. The van der Waals surface area contributed by atoms with Crippen LogP contribution >= 0.6 is 0 Å². The maximum absolute atomic E-state index is 9.81. The number of hydrogen-bond acceptors (Lipinski definition) is 2. The normalized spacial score (nSPS) is 30.0. The molecule has 1 aliphatic heterocycles. The van der Waals surface area contributed by atoms with Gasteiger partial charge in [0.1, 0.15) is 0 Å². The van der Waals surface area contributed by atoms with Crippen LogP contribution in [0, 0.1) is 11.3 Å². The van der Waals surface area contributed by atoms with Gasteiger partial charge in [-0.3, -0.25) is 0 Å². The van der Waals surface area contributed by atoms with Crippen LogP contribution in [-0.4, -0.2) is 36.2 Å². The molecule has 0 bridgehead atoms. The van der Waals surface area contributed by atoms with Gasteiger partial charge in [-0.15, -0.1) is 0 Å². The van der Waals surface area contributed by atoms with E-state index in [1.54, 1.807) is 0 Å². The van der Waals surface area contributed by atoms with Crippen molar-refractivity contribution in [2.24, 2.45) is 11.3 Å². The Labute approximate surface area is 113 Å². The van der Waals surface area contributed by atoms with Gasteiger partial charge in [-0.2, -0.15) is 0 Å². The summed E-state index contributed by atoms with van der Waals surface area (Å²) in [5.74, 6) is 0.950. The molecule has 2 rings (SSSR count). The molecule has 0 aromatic rings. The van der Waals surface area contributed by atoms with Gasteiger partial charge in [-0.1, -0.05) is 32.6 Å². The van der Waals surface area contributed by atoms with Crippen LogP contribution in [0.2, 0.25) is 0 Å². The van der Waals surface area contributed by atoms with E-state index in [9.17, 15) is 5.11 Å². The Morgan fingerprint density at radius 1 is 1.06 bits per heavy atom. The Balaban J connectivity index is 1.87. The summed E-state index contributed by atoms with van der Waals surface area (Å²) in [6.45, 7) is 6.41. The van der Waals surface area contributed by atoms with Crippen molar-refractivity contribution >= 4 is 0 Å². The minimum absolute atomic E-state index is 0.240. The summed E-state index contributed by atoms with van der Waals surface area (Å²) in [5.41, 5.74) is 0.240. The minimum Gasteiger partial charge on any atom is -0.396 e. The smallest absolute Gasteiger partial charge is 0.0499 e. The molecular weight excluding hydrogens is 222 g/mol. The molecule has 1 N–H and O–H groups in total. The lowest BCUT2D eigenvalue weighted by molar-refractivity contribution is 0.0411. The van der Waals surface area contributed by atoms with Gasteiger partial charge in [-0.25, -0.2) is 0 Å². The van der Waals surface area contributed by atoms with Crippen LogP contribution in [0.3, 0.4) is 0 Å². The summed E-state index contributed by atoms with van der Waals surface area (Å²) in [4.78, 5) is 2.65. The fourth-order valence-electron chi connectivity index (χ4n) is 3.93. The van der Waals surface area contributed by atoms with Crippen molar-refractivity contribution in [3.05, 3.63) is 0 Å². The second-order valence-electron chi connectivity index (χ2n) is 6.70. The molecule has 2 fully saturated rings. The molecule has 0 aromatic heterocycles. The van der Waals surface area contributed by atoms with Crippen molar-refractivity contribution < 1.29 is 5.11 Å². The van der Waals surface area contributed by atoms with E-state index >= 15 is 0 Å². The van der Waals surface area contributed by atoms with Gasteiger partial charge in [-0.05, 0) is 51.1 Å². The van der Waals surface area contributed by atoms with Gasteiger partial charge in [0.15, 0.2) is 0 Å². The third-order valence-electron chi connectivity index (χ3n) is 5.33. The zero-order chi connectivity index (χ0) is 12.8. The molecule has 2 aliphatic rings. The van der Waals surface area contributed by atoms with E-state index in [0.717, 1.165) is 12.5 Å². The number of aliphatic hydroxyl groups is 1. The van der Waals surface area contributed by atoms with Crippen molar-refractivity contribution in [3.8, 4) is 0 Å². The molecule has 2 nitrogen and oxygen atoms in total. The second kappa shape index (κ2) is 6.91. The maximum atomic E-state index is 9.81. The van der Waals surface area contributed by atoms with Crippen molar-refractivity contribution in [1.82, 2.24) is 4.90 Å². The monoisotopic (exact) mass is 253 g/mol. The van der Waals surface area contributed by atoms with Crippen molar-refractivity contribution in [1.29, 1.82) is 0 Å². The summed E-state index contributed by atoms with van der Waals surface area (Å²) in [5, 5.41) is 9.81. The van der Waals surface area contributed by atoms with Crippen LogP contribution < -0.4 is 0 Å². The summed E-state index contributed by atoms with van der Waals surface area (Å²) in [6, 6.07) is 0. The number of aliphatic hydroxyl groups excluding tert-OH is 1. The summed E-state index contributed by atoms with van der Waals surface area (Å²) in [7, 11) is 0. The Hall–Kier alpha value is -0.0800. The highest BCUT2D eigenvalue weighted by molar-refractivity contribution is 4.86. The lowest BCUT2D eigenvalue weighted by Gasteiger charge is -2.39. The summed E-state index contributed by atoms with van der Waals surface area (Å²) >= 11 is 0. The molecule has 1 aliphatic carbocycles. The molecule has 1 saturated carbocycles. The molecular formula is C16H31NO. The Morgan fingerprint density at radius 3 is 2.50 bits per heavy atom. The Kier molecular flexibility index (Phi) is 5.50. The number of rotatable bonds is 4. The SMILES string of the molecule is CCC1CCCN(CC2(CO)CCCCC2)CC1. The molecule has 106 valence electrons. The first-order valence-corrected chi connectivity index (χ1v) is 8.11. The van der Waals surface area contributed by atoms with Gasteiger partial charge >= 0.3 is 0 Å². The standard InChI is InChI=1S/C16H31NO/c1-2-15-7-6-11-17(12-8-15)13-16(14-18)9-4-3-5-10-16/h15,18H,2-14H2,1H3. The minimum atomic E-state index is 0.240. The van der Waals surface area contributed by atoms with Crippen molar-refractivity contribution in [2.75, 3.05) is 26.2 Å². The van der Waals surface area contributed by atoms with E-state index < -0.39 is 0 Å². The highest BCUT2D eigenvalue weighted by Gasteiger charge is 2.33. The molecule has 0 spiro atoms. The molecule has 1 saturated heterocycles. The van der Waals surface area contributed by atoms with E-state index in [0.29, 0.717) is 6.61 Å². The van der Waals surface area contributed by atoms with Gasteiger partial charge < -0.3 is 10.0 Å². The van der Waals surface area contributed by atoms with Crippen LogP contribution in [0.15, 0.2) is 0 Å². The first kappa shape index (κ1) is 14.3. The lowest BCUT2D eigenvalue weighted by atomic mass is 9.74. The number of hydrogen-bond donors (Lipinski definition) is 1. The molecule has 1 unspecified atom stereocenters. The molecule has 1 heterocycles.